The fourth-order valence-corrected chi connectivity index (χ4v) is 5.32. The second-order valence-electron chi connectivity index (χ2n) is 9.30. The van der Waals surface area contributed by atoms with Gasteiger partial charge in [-0.25, -0.2) is 0 Å². The van der Waals surface area contributed by atoms with E-state index in [9.17, 15) is 14.7 Å². The average Bonchev–Trinajstić information content (AvgIpc) is 3.34. The van der Waals surface area contributed by atoms with Gasteiger partial charge >= 0.3 is 0 Å². The predicted octanol–water partition coefficient (Wildman–Crippen LogP) is 3.51. The van der Waals surface area contributed by atoms with Crippen LogP contribution in [0.1, 0.15) is 64.5 Å². The van der Waals surface area contributed by atoms with Crippen molar-refractivity contribution in [3.63, 3.8) is 0 Å². The van der Waals surface area contributed by atoms with Gasteiger partial charge in [0, 0.05) is 24.9 Å². The maximum Gasteiger partial charge on any atom is 0.257 e. The lowest BCUT2D eigenvalue weighted by molar-refractivity contribution is -0.122. The highest BCUT2D eigenvalue weighted by atomic mass is 32.1. The Balaban J connectivity index is 1.23. The summed E-state index contributed by atoms with van der Waals surface area (Å²) in [6.45, 7) is -0.276. The van der Waals surface area contributed by atoms with Gasteiger partial charge in [-0.15, -0.1) is 10.2 Å². The smallest absolute Gasteiger partial charge is 0.257 e. The summed E-state index contributed by atoms with van der Waals surface area (Å²) in [4.78, 5) is 24.7. The molecule has 1 fully saturated rings. The van der Waals surface area contributed by atoms with E-state index in [1.54, 1.807) is 0 Å². The molecule has 1 aromatic heterocycles. The van der Waals surface area contributed by atoms with E-state index in [-0.39, 0.29) is 25.0 Å². The van der Waals surface area contributed by atoms with Crippen molar-refractivity contribution in [2.24, 2.45) is 5.92 Å². The number of aliphatic hydroxyl groups excluding tert-OH is 2. The maximum atomic E-state index is 12.7. The Morgan fingerprint density at radius 2 is 1.72 bits per heavy atom. The Labute approximate surface area is 214 Å². The summed E-state index contributed by atoms with van der Waals surface area (Å²) in [7, 11) is 0. The largest absolute Gasteiger partial charge is 0.394 e. The molecule has 0 aliphatic heterocycles. The average molecular weight is 509 g/mol. The van der Waals surface area contributed by atoms with E-state index in [1.165, 1.54) is 16.9 Å². The molecule has 2 aromatic carbocycles. The van der Waals surface area contributed by atoms with Crippen molar-refractivity contribution in [3.05, 3.63) is 76.3 Å². The van der Waals surface area contributed by atoms with Crippen LogP contribution in [0.2, 0.25) is 0 Å². The Kier molecular flexibility index (Phi) is 9.16. The van der Waals surface area contributed by atoms with E-state index in [0.29, 0.717) is 35.4 Å². The lowest BCUT2D eigenvalue weighted by atomic mass is 9.77. The summed E-state index contributed by atoms with van der Waals surface area (Å²) in [5.41, 5.74) is 2.94. The van der Waals surface area contributed by atoms with Crippen LogP contribution in [-0.4, -0.2) is 51.5 Å². The molecule has 1 aliphatic rings. The summed E-state index contributed by atoms with van der Waals surface area (Å²) in [6, 6.07) is 17.8. The molecule has 0 radical (unpaired) electrons. The van der Waals surface area contributed by atoms with Crippen LogP contribution in [0.4, 0.5) is 5.13 Å². The van der Waals surface area contributed by atoms with Crippen LogP contribution in [0.25, 0.3) is 0 Å². The first kappa shape index (κ1) is 25.9. The number of carbonyl (C=O) groups excluding carboxylic acids is 2. The zero-order valence-corrected chi connectivity index (χ0v) is 20.9. The highest BCUT2D eigenvalue weighted by Crippen LogP contribution is 2.37. The van der Waals surface area contributed by atoms with Gasteiger partial charge < -0.3 is 15.5 Å². The molecule has 9 heteroatoms. The molecule has 1 atom stereocenters. The monoisotopic (exact) mass is 508 g/mol. The number of aromatic nitrogens is 2. The third-order valence-electron chi connectivity index (χ3n) is 6.60. The first-order chi connectivity index (χ1) is 17.5. The van der Waals surface area contributed by atoms with Gasteiger partial charge in [0.2, 0.25) is 11.0 Å². The molecule has 36 heavy (non-hydrogen) atoms. The van der Waals surface area contributed by atoms with E-state index in [1.807, 2.05) is 54.6 Å². The van der Waals surface area contributed by atoms with Crippen LogP contribution in [0.3, 0.4) is 0 Å². The van der Waals surface area contributed by atoms with Gasteiger partial charge in [0.25, 0.3) is 5.91 Å². The number of amides is 2. The third-order valence-corrected chi connectivity index (χ3v) is 7.43. The number of nitrogens with zero attached hydrogens (tertiary/aromatic N) is 2. The van der Waals surface area contributed by atoms with Crippen LogP contribution in [0.15, 0.2) is 54.6 Å². The second kappa shape index (κ2) is 12.7. The summed E-state index contributed by atoms with van der Waals surface area (Å²) in [5.74, 6) is 0.464. The number of rotatable bonds is 10. The zero-order valence-electron chi connectivity index (χ0n) is 20.1. The van der Waals surface area contributed by atoms with Gasteiger partial charge in [0.15, 0.2) is 0 Å². The Morgan fingerprint density at radius 1 is 1.00 bits per heavy atom. The van der Waals surface area contributed by atoms with E-state index in [0.717, 1.165) is 36.3 Å². The fourth-order valence-electron chi connectivity index (χ4n) is 4.55. The lowest BCUT2D eigenvalue weighted by Crippen LogP contribution is -2.35. The van der Waals surface area contributed by atoms with Crippen LogP contribution >= 0.6 is 11.3 Å². The molecule has 1 aliphatic carbocycles. The molecule has 4 rings (SSSR count). The van der Waals surface area contributed by atoms with Crippen molar-refractivity contribution in [1.82, 2.24) is 15.5 Å². The molecule has 0 bridgehead atoms. The molecule has 0 spiro atoms. The Morgan fingerprint density at radius 3 is 2.42 bits per heavy atom. The van der Waals surface area contributed by atoms with Crippen molar-refractivity contribution >= 4 is 28.3 Å². The molecular weight excluding hydrogens is 476 g/mol. The van der Waals surface area contributed by atoms with Gasteiger partial charge in [-0.2, -0.15) is 0 Å². The van der Waals surface area contributed by atoms with E-state index < -0.39 is 6.10 Å². The number of aliphatic hydroxyl groups is 2. The van der Waals surface area contributed by atoms with Gasteiger partial charge in [0.05, 0.1) is 12.7 Å². The minimum atomic E-state index is -0.912. The maximum absolute atomic E-state index is 12.7. The lowest BCUT2D eigenvalue weighted by Gasteiger charge is -2.28. The van der Waals surface area contributed by atoms with Crippen LogP contribution in [-0.2, 0) is 11.2 Å². The van der Waals surface area contributed by atoms with Gasteiger partial charge in [0.1, 0.15) is 5.01 Å². The first-order valence-electron chi connectivity index (χ1n) is 12.3. The van der Waals surface area contributed by atoms with Crippen LogP contribution < -0.4 is 10.6 Å². The molecule has 1 unspecified atom stereocenters. The molecule has 1 saturated carbocycles. The first-order valence-corrected chi connectivity index (χ1v) is 13.1. The number of nitrogens with one attached hydrogen (secondary N) is 2. The minimum absolute atomic E-state index is 0.0797. The number of hydrogen-bond donors (Lipinski definition) is 4. The zero-order chi connectivity index (χ0) is 25.3. The molecular formula is C27H32N4O4S. The summed E-state index contributed by atoms with van der Waals surface area (Å²) < 4.78 is 0. The van der Waals surface area contributed by atoms with E-state index in [4.69, 9.17) is 5.11 Å². The predicted molar refractivity (Wildman–Crippen MR) is 139 cm³/mol. The number of benzene rings is 2. The molecule has 190 valence electrons. The van der Waals surface area contributed by atoms with Gasteiger partial charge in [-0.05, 0) is 60.8 Å². The van der Waals surface area contributed by atoms with Crippen molar-refractivity contribution in [3.8, 4) is 0 Å². The van der Waals surface area contributed by atoms with E-state index in [2.05, 4.69) is 20.8 Å². The summed E-state index contributed by atoms with van der Waals surface area (Å²) >= 11 is 1.38. The standard InChI is InChI=1S/C27H32N4O4S/c32-17-23(33)16-28-24(34)14-19-6-8-20(9-7-19)21-10-12-22(13-11-21)26(35)29-27-31-30-25(36-27)15-18-4-2-1-3-5-18/h1-5,10-13,19-20,23,32-33H,6-9,14-17H2,(H,28,34)(H,29,31,35). The number of carbonyl (C=O) groups is 2. The van der Waals surface area contributed by atoms with E-state index >= 15 is 0 Å². The SMILES string of the molecule is O=C(CC1CCC(c2ccc(C(=O)Nc3nnc(Cc4ccccc4)s3)cc2)CC1)NCC(O)CO. The molecule has 0 saturated heterocycles. The van der Waals surface area contributed by atoms with Crippen molar-refractivity contribution in [1.29, 1.82) is 0 Å². The third kappa shape index (κ3) is 7.43. The van der Waals surface area contributed by atoms with Crippen molar-refractivity contribution < 1.29 is 19.8 Å². The van der Waals surface area contributed by atoms with Gasteiger partial charge in [-0.1, -0.05) is 53.8 Å². The highest BCUT2D eigenvalue weighted by molar-refractivity contribution is 7.15. The molecule has 1 heterocycles. The van der Waals surface area contributed by atoms with Crippen molar-refractivity contribution in [2.75, 3.05) is 18.5 Å². The van der Waals surface area contributed by atoms with Crippen LogP contribution in [0.5, 0.6) is 0 Å². The Bertz CT molecular complexity index is 1130. The second-order valence-corrected chi connectivity index (χ2v) is 10.4. The highest BCUT2D eigenvalue weighted by Gasteiger charge is 2.24. The summed E-state index contributed by atoms with van der Waals surface area (Å²) in [5, 5.41) is 33.3. The Hall–Kier alpha value is -3.14. The topological polar surface area (TPSA) is 124 Å². The quantitative estimate of drug-likeness (QED) is 0.332. The molecule has 4 N–H and O–H groups in total. The normalized spacial score (nSPS) is 18.4. The number of anilines is 1. The molecule has 8 nitrogen and oxygen atoms in total. The summed E-state index contributed by atoms with van der Waals surface area (Å²) in [6.07, 6.45) is 4.14. The molecule has 3 aromatic rings. The van der Waals surface area contributed by atoms with Crippen LogP contribution in [0, 0.1) is 5.92 Å². The van der Waals surface area contributed by atoms with Crippen molar-refractivity contribution in [2.45, 2.75) is 50.5 Å². The minimum Gasteiger partial charge on any atom is -0.394 e. The fraction of sp³-hybridized carbons (Fsp3) is 0.407. The van der Waals surface area contributed by atoms with Gasteiger partial charge in [-0.3, -0.25) is 14.9 Å². The molecule has 2 amide bonds. The number of hydrogen-bond acceptors (Lipinski definition) is 7.